The molecule has 2 amide bonds. The first kappa shape index (κ1) is 23.1. The van der Waals surface area contributed by atoms with Crippen LogP contribution in [-0.2, 0) is 37.2 Å². The van der Waals surface area contributed by atoms with Gasteiger partial charge in [-0.3, -0.25) is 24.1 Å². The second-order valence-electron chi connectivity index (χ2n) is 8.75. The highest BCUT2D eigenvalue weighted by atomic mass is 16.7. The minimum Gasteiger partial charge on any atom is -0.460 e. The summed E-state index contributed by atoms with van der Waals surface area (Å²) in [6, 6.07) is 17.8. The molecule has 1 aliphatic carbocycles. The number of nitrogens with zero attached hydrogens (tertiary/aromatic N) is 2. The van der Waals surface area contributed by atoms with Crippen LogP contribution in [0.2, 0.25) is 0 Å². The topological polar surface area (TPSA) is 76.2 Å². The largest absolute Gasteiger partial charge is 0.460 e. The maximum absolute atomic E-state index is 13.2. The number of hydroxylamine groups is 2. The lowest BCUT2D eigenvalue weighted by Gasteiger charge is -2.34. The summed E-state index contributed by atoms with van der Waals surface area (Å²) in [6.45, 7) is 2.04. The molecule has 0 bridgehead atoms. The summed E-state index contributed by atoms with van der Waals surface area (Å²) >= 11 is 0. The number of ether oxygens (including phenoxy) is 1. The lowest BCUT2D eigenvalue weighted by molar-refractivity contribution is -0.194. The Morgan fingerprint density at radius 3 is 2.30 bits per heavy atom. The highest BCUT2D eigenvalue weighted by molar-refractivity contribution is 5.89. The van der Waals surface area contributed by atoms with E-state index in [1.54, 1.807) is 6.92 Å². The van der Waals surface area contributed by atoms with E-state index in [0.29, 0.717) is 18.7 Å². The zero-order chi connectivity index (χ0) is 23.2. The average Bonchev–Trinajstić information content (AvgIpc) is 3.45. The van der Waals surface area contributed by atoms with Crippen LogP contribution >= 0.6 is 0 Å². The molecule has 0 radical (unpaired) electrons. The van der Waals surface area contributed by atoms with Crippen LogP contribution in [0.5, 0.6) is 0 Å². The van der Waals surface area contributed by atoms with E-state index in [-0.39, 0.29) is 25.2 Å². The van der Waals surface area contributed by atoms with E-state index in [4.69, 9.17) is 9.57 Å². The molecule has 0 aromatic heterocycles. The van der Waals surface area contributed by atoms with E-state index in [2.05, 4.69) is 0 Å². The standard InChI is InChI=1S/C26H30N2O5/c1-19(25(30)27(18-29)33-17-21-11-6-3-7-12-21)28-23-14-8-13-22(23)15-24(28)26(31)32-16-20-9-4-2-5-10-20/h2-7,9-12,18-19,22-24H,8,13-17H2,1H3/t19-,22-,23+,24+/m1/s1. The molecule has 0 spiro atoms. The Balaban J connectivity index is 1.44. The lowest BCUT2D eigenvalue weighted by Crippen LogP contribution is -2.53. The molecule has 174 valence electrons. The van der Waals surface area contributed by atoms with Crippen molar-refractivity contribution in [1.82, 2.24) is 9.96 Å². The van der Waals surface area contributed by atoms with Crippen molar-refractivity contribution in [2.75, 3.05) is 0 Å². The van der Waals surface area contributed by atoms with Crippen molar-refractivity contribution in [2.24, 2.45) is 5.92 Å². The van der Waals surface area contributed by atoms with Gasteiger partial charge in [-0.25, -0.2) is 0 Å². The van der Waals surface area contributed by atoms with Crippen LogP contribution in [0, 0.1) is 5.92 Å². The maximum atomic E-state index is 13.2. The quantitative estimate of drug-likeness (QED) is 0.331. The molecular weight excluding hydrogens is 420 g/mol. The zero-order valence-corrected chi connectivity index (χ0v) is 18.8. The third kappa shape index (κ3) is 5.31. The molecule has 7 nitrogen and oxygen atoms in total. The molecule has 2 fully saturated rings. The summed E-state index contributed by atoms with van der Waals surface area (Å²) < 4.78 is 5.62. The Labute approximate surface area is 194 Å². The van der Waals surface area contributed by atoms with Gasteiger partial charge in [-0.15, -0.1) is 0 Å². The summed E-state index contributed by atoms with van der Waals surface area (Å²) in [5.41, 5.74) is 1.77. The number of benzene rings is 2. The maximum Gasteiger partial charge on any atom is 0.323 e. The van der Waals surface area contributed by atoms with Crippen molar-refractivity contribution in [2.45, 2.75) is 63.9 Å². The molecule has 4 rings (SSSR count). The van der Waals surface area contributed by atoms with Gasteiger partial charge in [-0.1, -0.05) is 67.1 Å². The highest BCUT2D eigenvalue weighted by Gasteiger charge is 2.50. The fourth-order valence-electron chi connectivity index (χ4n) is 5.10. The smallest absolute Gasteiger partial charge is 0.323 e. The molecule has 1 heterocycles. The number of carbonyl (C=O) groups excluding carboxylic acids is 3. The van der Waals surface area contributed by atoms with Gasteiger partial charge in [-0.05, 0) is 43.2 Å². The average molecular weight is 451 g/mol. The number of likely N-dealkylation sites (tertiary alicyclic amines) is 1. The minimum absolute atomic E-state index is 0.104. The van der Waals surface area contributed by atoms with Gasteiger partial charge in [0, 0.05) is 6.04 Å². The number of esters is 1. The van der Waals surface area contributed by atoms with Gasteiger partial charge >= 0.3 is 5.97 Å². The fraction of sp³-hybridized carbons (Fsp3) is 0.423. The van der Waals surface area contributed by atoms with E-state index >= 15 is 0 Å². The normalized spacial score (nSPS) is 23.0. The van der Waals surface area contributed by atoms with Crippen molar-refractivity contribution < 1.29 is 24.0 Å². The van der Waals surface area contributed by atoms with Gasteiger partial charge in [-0.2, -0.15) is 5.06 Å². The van der Waals surface area contributed by atoms with Crippen LogP contribution < -0.4 is 0 Å². The third-order valence-electron chi connectivity index (χ3n) is 6.71. The molecule has 7 heteroatoms. The van der Waals surface area contributed by atoms with Crippen molar-refractivity contribution in [3.63, 3.8) is 0 Å². The van der Waals surface area contributed by atoms with Gasteiger partial charge in [0.05, 0.1) is 6.04 Å². The Hall–Kier alpha value is -3.03. The molecule has 2 aliphatic rings. The summed E-state index contributed by atoms with van der Waals surface area (Å²) in [5, 5.41) is 0.756. The van der Waals surface area contributed by atoms with E-state index < -0.39 is 18.0 Å². The first-order valence-corrected chi connectivity index (χ1v) is 11.5. The minimum atomic E-state index is -0.687. The Morgan fingerprint density at radius 2 is 1.67 bits per heavy atom. The first-order valence-electron chi connectivity index (χ1n) is 11.5. The van der Waals surface area contributed by atoms with Crippen molar-refractivity contribution in [3.05, 3.63) is 71.8 Å². The lowest BCUT2D eigenvalue weighted by atomic mass is 10.0. The molecule has 1 saturated heterocycles. The monoisotopic (exact) mass is 450 g/mol. The van der Waals surface area contributed by atoms with Gasteiger partial charge in [0.25, 0.3) is 5.91 Å². The summed E-state index contributed by atoms with van der Waals surface area (Å²) in [6.07, 6.45) is 4.10. The number of fused-ring (bicyclic) bond motifs is 1. The SMILES string of the molecule is C[C@H](C(=O)N(C=O)OCc1ccccc1)N1[C@H](C(=O)OCc2ccccc2)C[C@H]2CCC[C@@H]21. The van der Waals surface area contributed by atoms with Crippen molar-refractivity contribution in [1.29, 1.82) is 0 Å². The molecular formula is C26H30N2O5. The Bertz CT molecular complexity index is 952. The van der Waals surface area contributed by atoms with Crippen LogP contribution in [0.3, 0.4) is 0 Å². The molecule has 0 unspecified atom stereocenters. The van der Waals surface area contributed by atoms with Crippen LogP contribution in [0.25, 0.3) is 0 Å². The number of hydrogen-bond acceptors (Lipinski definition) is 6. The zero-order valence-electron chi connectivity index (χ0n) is 18.8. The number of amides is 2. The van der Waals surface area contributed by atoms with Gasteiger partial charge in [0.15, 0.2) is 0 Å². The van der Waals surface area contributed by atoms with E-state index in [1.165, 1.54) is 0 Å². The van der Waals surface area contributed by atoms with E-state index in [9.17, 15) is 14.4 Å². The van der Waals surface area contributed by atoms with Gasteiger partial charge in [0.1, 0.15) is 19.3 Å². The number of hydrogen-bond donors (Lipinski definition) is 0. The van der Waals surface area contributed by atoms with E-state index in [1.807, 2.05) is 65.6 Å². The summed E-state index contributed by atoms with van der Waals surface area (Å²) in [7, 11) is 0. The second kappa shape index (κ2) is 10.7. The summed E-state index contributed by atoms with van der Waals surface area (Å²) in [5.74, 6) is -0.449. The number of imide groups is 1. The van der Waals surface area contributed by atoms with Crippen LogP contribution in [0.4, 0.5) is 0 Å². The molecule has 1 aliphatic heterocycles. The first-order chi connectivity index (χ1) is 16.1. The fourth-order valence-corrected chi connectivity index (χ4v) is 5.10. The van der Waals surface area contributed by atoms with Crippen LogP contribution in [0.15, 0.2) is 60.7 Å². The Kier molecular flexibility index (Phi) is 7.52. The van der Waals surface area contributed by atoms with Gasteiger partial charge in [0.2, 0.25) is 6.41 Å². The van der Waals surface area contributed by atoms with Crippen molar-refractivity contribution >= 4 is 18.3 Å². The van der Waals surface area contributed by atoms with Crippen molar-refractivity contribution in [3.8, 4) is 0 Å². The second-order valence-corrected chi connectivity index (χ2v) is 8.75. The third-order valence-corrected chi connectivity index (χ3v) is 6.71. The number of carbonyl (C=O) groups is 3. The van der Waals surface area contributed by atoms with E-state index in [0.717, 1.165) is 35.5 Å². The van der Waals surface area contributed by atoms with Crippen LogP contribution in [-0.4, -0.2) is 46.4 Å². The predicted octanol–water partition coefficient (Wildman–Crippen LogP) is 3.48. The molecule has 0 N–H and O–H groups in total. The molecule has 1 saturated carbocycles. The Morgan fingerprint density at radius 1 is 1.03 bits per heavy atom. The van der Waals surface area contributed by atoms with Crippen LogP contribution in [0.1, 0.15) is 43.7 Å². The highest BCUT2D eigenvalue weighted by Crippen LogP contribution is 2.43. The molecule has 2 aromatic carbocycles. The summed E-state index contributed by atoms with van der Waals surface area (Å²) in [4.78, 5) is 45.4. The number of rotatable bonds is 9. The molecule has 33 heavy (non-hydrogen) atoms. The predicted molar refractivity (Wildman–Crippen MR) is 121 cm³/mol. The molecule has 4 atom stereocenters. The molecule has 2 aromatic rings. The van der Waals surface area contributed by atoms with Gasteiger partial charge < -0.3 is 4.74 Å².